The van der Waals surface area contributed by atoms with Gasteiger partial charge in [-0.25, -0.2) is 0 Å². The highest BCUT2D eigenvalue weighted by Crippen LogP contribution is 2.34. The van der Waals surface area contributed by atoms with Crippen molar-refractivity contribution < 1.29 is 38.2 Å². The molecule has 2 rings (SSSR count). The summed E-state index contributed by atoms with van der Waals surface area (Å²) in [5.74, 6) is 1.05. The van der Waals surface area contributed by atoms with Crippen molar-refractivity contribution in [1.29, 1.82) is 0 Å². The first-order chi connectivity index (χ1) is 11.3. The number of hydrogen-bond acceptors (Lipinski definition) is 4. The van der Waals surface area contributed by atoms with Gasteiger partial charge in [0.1, 0.15) is 18.1 Å². The van der Waals surface area contributed by atoms with E-state index >= 15 is 0 Å². The Kier molecular flexibility index (Phi) is 8.71. The van der Waals surface area contributed by atoms with Gasteiger partial charge >= 0.3 is 15.9 Å². The van der Waals surface area contributed by atoms with Crippen LogP contribution >= 0.6 is 15.9 Å². The molecule has 0 radical (unpaired) electrons. The highest BCUT2D eigenvalue weighted by Gasteiger charge is 2.13. The van der Waals surface area contributed by atoms with Crippen molar-refractivity contribution in [2.45, 2.75) is 6.61 Å². The third-order valence-corrected chi connectivity index (χ3v) is 2.94. The molecule has 0 atom stereocenters. The molecular formula is C14H18O8P2. The lowest BCUT2D eigenvalue weighted by Gasteiger charge is -2.09. The van der Waals surface area contributed by atoms with Gasteiger partial charge in [-0.05, 0) is 29.8 Å². The summed E-state index contributed by atoms with van der Waals surface area (Å²) >= 11 is 0. The largest absolute Gasteiger partial charge is 0.489 e. The van der Waals surface area contributed by atoms with Crippen molar-refractivity contribution in [3.63, 3.8) is 0 Å². The van der Waals surface area contributed by atoms with E-state index in [2.05, 4.69) is 0 Å². The fourth-order valence-electron chi connectivity index (χ4n) is 1.53. The summed E-state index contributed by atoms with van der Waals surface area (Å²) in [5, 5.41) is 0. The predicted molar refractivity (Wildman–Crippen MR) is 88.2 cm³/mol. The van der Waals surface area contributed by atoms with E-state index in [-0.39, 0.29) is 0 Å². The molecule has 2 aromatic carbocycles. The first-order valence-corrected chi connectivity index (χ1v) is 9.72. The molecule has 24 heavy (non-hydrogen) atoms. The number of ether oxygens (including phenoxy) is 2. The SMILES string of the molecule is O=P(O)(O)COc1ccc(OCc2ccccc2)cc1.O=[PH](O)O. The molecule has 0 spiro atoms. The molecule has 8 nitrogen and oxygen atoms in total. The first kappa shape index (κ1) is 20.4. The van der Waals surface area contributed by atoms with Crippen LogP contribution in [0.1, 0.15) is 5.56 Å². The third kappa shape index (κ3) is 10.2. The van der Waals surface area contributed by atoms with E-state index in [1.807, 2.05) is 30.3 Å². The molecule has 0 bridgehead atoms. The minimum atomic E-state index is -4.15. The van der Waals surface area contributed by atoms with Crippen LogP contribution in [0.3, 0.4) is 0 Å². The average molecular weight is 376 g/mol. The van der Waals surface area contributed by atoms with Crippen molar-refractivity contribution in [1.82, 2.24) is 0 Å². The number of benzene rings is 2. The Morgan fingerprint density at radius 2 is 1.33 bits per heavy atom. The van der Waals surface area contributed by atoms with Crippen molar-refractivity contribution >= 4 is 15.9 Å². The van der Waals surface area contributed by atoms with Gasteiger partial charge in [-0.15, -0.1) is 0 Å². The van der Waals surface area contributed by atoms with Crippen LogP contribution < -0.4 is 9.47 Å². The maximum absolute atomic E-state index is 10.7. The topological polar surface area (TPSA) is 134 Å². The van der Waals surface area contributed by atoms with Crippen LogP contribution in [0, 0.1) is 0 Å². The Labute approximate surface area is 139 Å². The van der Waals surface area contributed by atoms with Gasteiger partial charge in [0, 0.05) is 0 Å². The predicted octanol–water partition coefficient (Wildman–Crippen LogP) is 2.14. The summed E-state index contributed by atoms with van der Waals surface area (Å²) in [5.41, 5.74) is 1.06. The molecule has 0 fully saturated rings. The summed E-state index contributed by atoms with van der Waals surface area (Å²) in [7, 11) is -7.28. The Bertz CT molecular complexity index is 665. The lowest BCUT2D eigenvalue weighted by atomic mass is 10.2. The van der Waals surface area contributed by atoms with Gasteiger partial charge in [0.15, 0.2) is 6.35 Å². The van der Waals surface area contributed by atoms with Gasteiger partial charge in [0.2, 0.25) is 0 Å². The zero-order valence-electron chi connectivity index (χ0n) is 12.5. The van der Waals surface area contributed by atoms with Gasteiger partial charge in [-0.3, -0.25) is 9.13 Å². The minimum Gasteiger partial charge on any atom is -0.489 e. The Morgan fingerprint density at radius 1 is 0.875 bits per heavy atom. The van der Waals surface area contributed by atoms with E-state index in [1.165, 1.54) is 0 Å². The minimum absolute atomic E-state index is 0.389. The number of hydrogen-bond donors (Lipinski definition) is 4. The van der Waals surface area contributed by atoms with E-state index in [4.69, 9.17) is 33.6 Å². The highest BCUT2D eigenvalue weighted by atomic mass is 31.2. The second-order valence-electron chi connectivity index (χ2n) is 4.47. The normalized spacial score (nSPS) is 10.7. The van der Waals surface area contributed by atoms with E-state index in [1.54, 1.807) is 24.3 Å². The summed E-state index contributed by atoms with van der Waals surface area (Å²) in [6.45, 7) is 0.462. The maximum atomic E-state index is 10.7. The Balaban J connectivity index is 0.000000648. The van der Waals surface area contributed by atoms with Gasteiger partial charge < -0.3 is 29.0 Å². The quantitative estimate of drug-likeness (QED) is 0.564. The van der Waals surface area contributed by atoms with Crippen LogP contribution in [0.15, 0.2) is 54.6 Å². The summed E-state index contributed by atoms with van der Waals surface area (Å²) in [4.78, 5) is 31.7. The molecule has 0 aliphatic heterocycles. The summed E-state index contributed by atoms with van der Waals surface area (Å²) in [6, 6.07) is 16.4. The molecule has 0 saturated carbocycles. The zero-order chi connectivity index (χ0) is 18.0. The lowest BCUT2D eigenvalue weighted by molar-refractivity contribution is 0.296. The van der Waals surface area contributed by atoms with Crippen LogP contribution in [0.5, 0.6) is 11.5 Å². The second kappa shape index (κ2) is 10.3. The van der Waals surface area contributed by atoms with Crippen molar-refractivity contribution in [3.05, 3.63) is 60.2 Å². The molecule has 0 saturated heterocycles. The molecule has 0 aromatic heterocycles. The highest BCUT2D eigenvalue weighted by molar-refractivity contribution is 7.51. The van der Waals surface area contributed by atoms with E-state index < -0.39 is 22.2 Å². The smallest absolute Gasteiger partial charge is 0.362 e. The van der Waals surface area contributed by atoms with Gasteiger partial charge in [0.25, 0.3) is 0 Å². The number of rotatable bonds is 6. The average Bonchev–Trinajstić information content (AvgIpc) is 2.52. The van der Waals surface area contributed by atoms with Crippen molar-refractivity contribution in [2.24, 2.45) is 0 Å². The molecular weight excluding hydrogens is 358 g/mol. The molecule has 132 valence electrons. The van der Waals surface area contributed by atoms with Gasteiger partial charge in [0.05, 0.1) is 0 Å². The fraction of sp³-hybridized carbons (Fsp3) is 0.143. The monoisotopic (exact) mass is 376 g/mol. The molecule has 0 amide bonds. The first-order valence-electron chi connectivity index (χ1n) is 6.62. The molecule has 4 N–H and O–H groups in total. The van der Waals surface area contributed by atoms with E-state index in [9.17, 15) is 4.57 Å². The second-order valence-corrected chi connectivity index (χ2v) is 6.62. The fourth-order valence-corrected chi connectivity index (χ4v) is 1.85. The Morgan fingerprint density at radius 3 is 1.79 bits per heavy atom. The Hall–Kier alpha value is -1.66. The lowest BCUT2D eigenvalue weighted by Crippen LogP contribution is -1.98. The molecule has 2 aromatic rings. The standard InChI is InChI=1S/C14H15O5P.H3O3P/c15-20(16,17)11-19-14-8-6-13(7-9-14)18-10-12-4-2-1-3-5-12;1-4(2)3/h1-9H,10-11H2,(H2,15,16,17);4H,(H2,1,2,3). The van der Waals surface area contributed by atoms with E-state index in [0.717, 1.165) is 5.56 Å². The molecule has 10 heteroatoms. The van der Waals surface area contributed by atoms with Gasteiger partial charge in [-0.2, -0.15) is 0 Å². The van der Waals surface area contributed by atoms with Crippen LogP contribution in [0.2, 0.25) is 0 Å². The summed E-state index contributed by atoms with van der Waals surface area (Å²) < 4.78 is 30.0. The van der Waals surface area contributed by atoms with Crippen LogP contribution in [0.4, 0.5) is 0 Å². The molecule has 0 aliphatic rings. The van der Waals surface area contributed by atoms with E-state index in [0.29, 0.717) is 18.1 Å². The van der Waals surface area contributed by atoms with Crippen LogP contribution in [-0.2, 0) is 15.7 Å². The molecule has 0 heterocycles. The van der Waals surface area contributed by atoms with Gasteiger partial charge in [-0.1, -0.05) is 30.3 Å². The molecule has 0 unspecified atom stereocenters. The van der Waals surface area contributed by atoms with Crippen molar-refractivity contribution in [3.8, 4) is 11.5 Å². The summed E-state index contributed by atoms with van der Waals surface area (Å²) in [6.07, 6.45) is -0.628. The third-order valence-electron chi connectivity index (χ3n) is 2.47. The maximum Gasteiger partial charge on any atom is 0.362 e. The zero-order valence-corrected chi connectivity index (χ0v) is 14.4. The van der Waals surface area contributed by atoms with Crippen LogP contribution in [0.25, 0.3) is 0 Å². The van der Waals surface area contributed by atoms with Crippen LogP contribution in [-0.4, -0.2) is 25.9 Å². The molecule has 0 aliphatic carbocycles. The van der Waals surface area contributed by atoms with Crippen molar-refractivity contribution in [2.75, 3.05) is 6.35 Å².